The van der Waals surface area contributed by atoms with Crippen LogP contribution in [0, 0.1) is 11.6 Å². The lowest BCUT2D eigenvalue weighted by atomic mass is 9.77. The Morgan fingerprint density at radius 3 is 2.13 bits per heavy atom. The highest BCUT2D eigenvalue weighted by molar-refractivity contribution is 5.92. The van der Waals surface area contributed by atoms with Gasteiger partial charge in [-0.2, -0.15) is 30.7 Å². The Hall–Kier alpha value is -3.98. The average molecular weight is 653 g/mol. The van der Waals surface area contributed by atoms with Crippen LogP contribution in [0.5, 0.6) is 11.5 Å². The lowest BCUT2D eigenvalue weighted by Crippen LogP contribution is -2.49. The second-order valence-electron chi connectivity index (χ2n) is 10.4. The molecule has 0 saturated carbocycles. The van der Waals surface area contributed by atoms with Gasteiger partial charge in [0, 0.05) is 18.2 Å². The monoisotopic (exact) mass is 652 g/mol. The number of benzene rings is 3. The Morgan fingerprint density at radius 2 is 1.58 bits per heavy atom. The molecule has 3 rings (SSSR count). The maximum absolute atomic E-state index is 15.0. The van der Waals surface area contributed by atoms with Crippen molar-refractivity contribution in [1.29, 1.82) is 0 Å². The summed E-state index contributed by atoms with van der Waals surface area (Å²) in [5.74, 6) is -4.32. The SMILES string of the molecule is CC(C)Oc1cc([C@](Cc2ccc(C(N)=O)cc2)(NC[C@@H](O)CC(F)(F)F)c2cc(F)cc(OC(F)(F)C(F)F)c2)ccc1F. The normalized spacial score (nSPS) is 14.4. The lowest BCUT2D eigenvalue weighted by Gasteiger charge is -2.38. The van der Waals surface area contributed by atoms with Gasteiger partial charge in [-0.1, -0.05) is 18.2 Å². The number of halogens is 9. The van der Waals surface area contributed by atoms with E-state index in [1.807, 2.05) is 0 Å². The quantitative estimate of drug-likeness (QED) is 0.174. The van der Waals surface area contributed by atoms with Gasteiger partial charge in [0.1, 0.15) is 11.6 Å². The van der Waals surface area contributed by atoms with Crippen LogP contribution in [0.3, 0.4) is 0 Å². The van der Waals surface area contributed by atoms with Crippen molar-refractivity contribution in [1.82, 2.24) is 5.32 Å². The highest BCUT2D eigenvalue weighted by Gasteiger charge is 2.45. The van der Waals surface area contributed by atoms with Crippen molar-refractivity contribution in [3.8, 4) is 11.5 Å². The number of nitrogens with one attached hydrogen (secondary N) is 1. The number of primary amides is 1. The van der Waals surface area contributed by atoms with Crippen LogP contribution in [0.15, 0.2) is 60.7 Å². The molecule has 0 heterocycles. The van der Waals surface area contributed by atoms with Crippen molar-refractivity contribution in [2.45, 2.75) is 63.1 Å². The van der Waals surface area contributed by atoms with E-state index in [9.17, 15) is 49.4 Å². The van der Waals surface area contributed by atoms with Gasteiger partial charge in [-0.05, 0) is 73.4 Å². The molecule has 3 aromatic carbocycles. The smallest absolute Gasteiger partial charge is 0.461 e. The molecular weight excluding hydrogens is 623 g/mol. The Bertz CT molecular complexity index is 1470. The van der Waals surface area contributed by atoms with E-state index in [-0.39, 0.29) is 28.9 Å². The van der Waals surface area contributed by atoms with E-state index in [1.165, 1.54) is 24.3 Å². The summed E-state index contributed by atoms with van der Waals surface area (Å²) in [6.07, 6.45) is -18.9. The number of hydrogen-bond acceptors (Lipinski definition) is 5. The minimum absolute atomic E-state index is 0.0186. The highest BCUT2D eigenvalue weighted by Crippen LogP contribution is 2.39. The summed E-state index contributed by atoms with van der Waals surface area (Å²) in [5.41, 5.74) is 3.31. The molecule has 246 valence electrons. The molecule has 0 bridgehead atoms. The summed E-state index contributed by atoms with van der Waals surface area (Å²) in [4.78, 5) is 11.6. The molecule has 0 aliphatic heterocycles. The number of ether oxygens (including phenoxy) is 2. The van der Waals surface area contributed by atoms with Gasteiger partial charge in [-0.3, -0.25) is 4.79 Å². The zero-order valence-corrected chi connectivity index (χ0v) is 23.8. The topological polar surface area (TPSA) is 93.8 Å². The van der Waals surface area contributed by atoms with E-state index in [0.29, 0.717) is 11.6 Å². The number of carbonyl (C=O) groups excluding carboxylic acids is 1. The molecule has 15 heteroatoms. The number of rotatable bonds is 14. The van der Waals surface area contributed by atoms with Gasteiger partial charge < -0.3 is 25.6 Å². The van der Waals surface area contributed by atoms with Gasteiger partial charge in [0.2, 0.25) is 5.91 Å². The summed E-state index contributed by atoms with van der Waals surface area (Å²) in [7, 11) is 0. The molecule has 0 spiro atoms. The summed E-state index contributed by atoms with van der Waals surface area (Å²) >= 11 is 0. The minimum atomic E-state index is -5.05. The molecule has 3 aromatic rings. The molecule has 0 aromatic heterocycles. The van der Waals surface area contributed by atoms with Crippen LogP contribution < -0.4 is 20.5 Å². The van der Waals surface area contributed by atoms with E-state index < -0.39 is 72.7 Å². The molecule has 0 fully saturated rings. The fraction of sp³-hybridized carbons (Fsp3) is 0.367. The molecule has 0 aliphatic carbocycles. The summed E-state index contributed by atoms with van der Waals surface area (Å²) in [5, 5.41) is 13.0. The van der Waals surface area contributed by atoms with E-state index in [2.05, 4.69) is 10.1 Å². The summed E-state index contributed by atoms with van der Waals surface area (Å²) < 4.78 is 132. The van der Waals surface area contributed by atoms with Crippen LogP contribution in [-0.2, 0) is 12.0 Å². The van der Waals surface area contributed by atoms with Gasteiger partial charge in [0.05, 0.1) is 24.2 Å². The van der Waals surface area contributed by atoms with E-state index >= 15 is 0 Å². The first-order chi connectivity index (χ1) is 20.8. The number of carbonyl (C=O) groups is 1. The number of alkyl halides is 7. The van der Waals surface area contributed by atoms with Gasteiger partial charge in [0.15, 0.2) is 11.6 Å². The van der Waals surface area contributed by atoms with Crippen LogP contribution in [-0.4, -0.2) is 48.5 Å². The summed E-state index contributed by atoms with van der Waals surface area (Å²) in [6.45, 7) is 2.31. The molecule has 6 nitrogen and oxygen atoms in total. The third-order valence-corrected chi connectivity index (χ3v) is 6.47. The first kappa shape index (κ1) is 35.5. The second kappa shape index (κ2) is 14.0. The molecule has 4 N–H and O–H groups in total. The van der Waals surface area contributed by atoms with E-state index in [0.717, 1.165) is 30.3 Å². The lowest BCUT2D eigenvalue weighted by molar-refractivity contribution is -0.253. The molecule has 0 aliphatic rings. The second-order valence-corrected chi connectivity index (χ2v) is 10.4. The molecule has 0 saturated heterocycles. The Balaban J connectivity index is 2.31. The van der Waals surface area contributed by atoms with Crippen LogP contribution in [0.4, 0.5) is 39.5 Å². The predicted molar refractivity (Wildman–Crippen MR) is 144 cm³/mol. The van der Waals surface area contributed by atoms with Crippen LogP contribution in [0.2, 0.25) is 0 Å². The molecule has 1 amide bonds. The Kier molecular flexibility index (Phi) is 11.0. The maximum Gasteiger partial charge on any atom is 0.461 e. The largest absolute Gasteiger partial charge is 0.488 e. The number of amides is 1. The van der Waals surface area contributed by atoms with Gasteiger partial charge >= 0.3 is 18.7 Å². The van der Waals surface area contributed by atoms with Gasteiger partial charge in [-0.25, -0.2) is 8.78 Å². The van der Waals surface area contributed by atoms with Crippen LogP contribution in [0.1, 0.15) is 47.3 Å². The van der Waals surface area contributed by atoms with Crippen LogP contribution in [0.25, 0.3) is 0 Å². The molecule has 45 heavy (non-hydrogen) atoms. The van der Waals surface area contributed by atoms with Gasteiger partial charge in [-0.15, -0.1) is 0 Å². The third-order valence-electron chi connectivity index (χ3n) is 6.47. The van der Waals surface area contributed by atoms with Gasteiger partial charge in [0.25, 0.3) is 0 Å². The summed E-state index contributed by atoms with van der Waals surface area (Å²) in [6, 6.07) is 10.5. The first-order valence-electron chi connectivity index (χ1n) is 13.3. The fourth-order valence-corrected chi connectivity index (χ4v) is 4.54. The zero-order chi connectivity index (χ0) is 33.7. The van der Waals surface area contributed by atoms with Crippen molar-refractivity contribution in [3.05, 3.63) is 94.6 Å². The Morgan fingerprint density at radius 1 is 0.933 bits per heavy atom. The van der Waals surface area contributed by atoms with Crippen molar-refractivity contribution < 1.29 is 58.9 Å². The van der Waals surface area contributed by atoms with Crippen LogP contribution >= 0.6 is 0 Å². The van der Waals surface area contributed by atoms with Crippen molar-refractivity contribution in [2.24, 2.45) is 5.73 Å². The zero-order valence-electron chi connectivity index (χ0n) is 23.8. The standard InChI is InChI=1S/C30H29F9N2O4/c1-16(2)44-25-11-19(7-8-24(25)32)28(41-15-22(42)14-29(35,36)37,13-17-3-5-18(6-4-17)26(40)43)20-9-21(31)12-23(10-20)45-30(38,39)27(33)34/h3-12,16,22,27,41-42H,13-15H2,1-2H3,(H2,40,43)/t22-,28-/m0/s1. The number of aliphatic hydroxyl groups excluding tert-OH is 1. The van der Waals surface area contributed by atoms with E-state index in [4.69, 9.17) is 10.5 Å². The average Bonchev–Trinajstić information content (AvgIpc) is 2.90. The number of aliphatic hydroxyl groups is 1. The molecule has 0 unspecified atom stereocenters. The predicted octanol–water partition coefficient (Wildman–Crippen LogP) is 6.48. The van der Waals surface area contributed by atoms with Crippen molar-refractivity contribution in [2.75, 3.05) is 6.54 Å². The first-order valence-corrected chi connectivity index (χ1v) is 13.3. The van der Waals surface area contributed by atoms with Crippen molar-refractivity contribution >= 4 is 5.91 Å². The maximum atomic E-state index is 15.0. The number of nitrogens with two attached hydrogens (primary N) is 1. The highest BCUT2D eigenvalue weighted by atomic mass is 19.4. The third kappa shape index (κ3) is 9.50. The van der Waals surface area contributed by atoms with E-state index in [1.54, 1.807) is 13.8 Å². The molecule has 0 radical (unpaired) electrons. The minimum Gasteiger partial charge on any atom is -0.488 e. The molecule has 2 atom stereocenters. The number of hydrogen-bond donors (Lipinski definition) is 3. The Labute approximate surface area is 251 Å². The fourth-order valence-electron chi connectivity index (χ4n) is 4.54. The van der Waals surface area contributed by atoms with Crippen molar-refractivity contribution in [3.63, 3.8) is 0 Å². The molecular formula is C30H29F9N2O4.